The van der Waals surface area contributed by atoms with Crippen LogP contribution in [0.5, 0.6) is 5.75 Å². The summed E-state index contributed by atoms with van der Waals surface area (Å²) in [7, 11) is -1.84. The van der Waals surface area contributed by atoms with E-state index in [-0.39, 0.29) is 5.04 Å². The summed E-state index contributed by atoms with van der Waals surface area (Å²) in [5.41, 5.74) is 3.77. The molecule has 0 saturated heterocycles. The van der Waals surface area contributed by atoms with E-state index in [0.29, 0.717) is 0 Å². The van der Waals surface area contributed by atoms with Crippen LogP contribution in [0.1, 0.15) is 37.5 Å². The van der Waals surface area contributed by atoms with E-state index in [2.05, 4.69) is 77.1 Å². The molecular formula is C18H29BrOSSi. The maximum atomic E-state index is 6.63. The van der Waals surface area contributed by atoms with Gasteiger partial charge in [0, 0.05) is 20.7 Å². The van der Waals surface area contributed by atoms with Crippen LogP contribution in [0.15, 0.2) is 22.0 Å². The Balaban J connectivity index is 3.37. The third-order valence-electron chi connectivity index (χ3n) is 4.62. The molecule has 0 N–H and O–H groups in total. The molecule has 0 atom stereocenters. The summed E-state index contributed by atoms with van der Waals surface area (Å²) in [5, 5.41) is 0.197. The summed E-state index contributed by atoms with van der Waals surface area (Å²) in [6.45, 7) is 21.8. The van der Waals surface area contributed by atoms with Gasteiger partial charge in [0.25, 0.3) is 8.32 Å². The van der Waals surface area contributed by atoms with E-state index in [1.165, 1.54) is 21.6 Å². The Kier molecular flexibility index (Phi) is 6.45. The minimum Gasteiger partial charge on any atom is -0.543 e. The lowest BCUT2D eigenvalue weighted by Crippen LogP contribution is -2.44. The molecule has 0 aliphatic heterocycles. The Morgan fingerprint density at radius 2 is 1.68 bits per heavy atom. The fourth-order valence-electron chi connectivity index (χ4n) is 1.93. The normalized spacial score (nSPS) is 12.4. The Hall–Kier alpha value is -0.193. The lowest BCUT2D eigenvalue weighted by atomic mass is 10.1. The van der Waals surface area contributed by atoms with Gasteiger partial charge in [-0.25, -0.2) is 0 Å². The van der Waals surface area contributed by atoms with Gasteiger partial charge in [-0.05, 0) is 66.0 Å². The topological polar surface area (TPSA) is 9.23 Å². The molecule has 1 rings (SSSR count). The van der Waals surface area contributed by atoms with Gasteiger partial charge in [0.05, 0.1) is 0 Å². The molecule has 0 fully saturated rings. The van der Waals surface area contributed by atoms with Crippen LogP contribution in [-0.2, 0) is 0 Å². The number of halogens is 1. The third-order valence-corrected chi connectivity index (χ3v) is 11.4. The minimum atomic E-state index is -1.84. The van der Waals surface area contributed by atoms with Crippen LogP contribution in [0.2, 0.25) is 18.1 Å². The summed E-state index contributed by atoms with van der Waals surface area (Å²) in [4.78, 5) is 1.30. The molecule has 0 saturated carbocycles. The molecule has 0 aliphatic rings. The van der Waals surface area contributed by atoms with E-state index in [1.807, 2.05) is 17.8 Å². The van der Waals surface area contributed by atoms with E-state index >= 15 is 0 Å². The van der Waals surface area contributed by atoms with Gasteiger partial charge in [0.1, 0.15) is 5.75 Å². The van der Waals surface area contributed by atoms with Gasteiger partial charge in [-0.2, -0.15) is 0 Å². The third kappa shape index (κ3) is 4.01. The average Bonchev–Trinajstić information content (AvgIpc) is 2.40. The predicted molar refractivity (Wildman–Crippen MR) is 107 cm³/mol. The quantitative estimate of drug-likeness (QED) is 0.297. The van der Waals surface area contributed by atoms with Crippen LogP contribution >= 0.6 is 27.7 Å². The first-order valence-corrected chi connectivity index (χ1v) is 12.3. The molecule has 1 aromatic carbocycles. The number of hydrogen-bond donors (Lipinski definition) is 0. The molecule has 0 aliphatic carbocycles. The molecule has 0 radical (unpaired) electrons. The van der Waals surface area contributed by atoms with Gasteiger partial charge >= 0.3 is 0 Å². The molecule has 0 amide bonds. The molecular weight excluding hydrogens is 372 g/mol. The maximum Gasteiger partial charge on any atom is 0.250 e. The van der Waals surface area contributed by atoms with E-state index in [4.69, 9.17) is 4.43 Å². The molecule has 0 spiro atoms. The monoisotopic (exact) mass is 400 g/mol. The lowest BCUT2D eigenvalue weighted by molar-refractivity contribution is 0.484. The summed E-state index contributed by atoms with van der Waals surface area (Å²) in [6.07, 6.45) is 1.95. The Morgan fingerprint density at radius 3 is 2.14 bits per heavy atom. The van der Waals surface area contributed by atoms with Crippen molar-refractivity contribution in [2.24, 2.45) is 0 Å². The molecule has 22 heavy (non-hydrogen) atoms. The van der Waals surface area contributed by atoms with Gasteiger partial charge in [0.15, 0.2) is 0 Å². The molecule has 4 heteroatoms. The summed E-state index contributed by atoms with van der Waals surface area (Å²) in [5.74, 6) is 1.99. The molecule has 0 aromatic heterocycles. The van der Waals surface area contributed by atoms with Crippen molar-refractivity contribution < 1.29 is 4.43 Å². The van der Waals surface area contributed by atoms with E-state index in [9.17, 15) is 0 Å². The van der Waals surface area contributed by atoms with Gasteiger partial charge in [-0.15, -0.1) is 18.3 Å². The maximum absolute atomic E-state index is 6.63. The zero-order valence-electron chi connectivity index (χ0n) is 15.2. The van der Waals surface area contributed by atoms with E-state index in [0.717, 1.165) is 16.0 Å². The summed E-state index contributed by atoms with van der Waals surface area (Å²) < 4.78 is 7.79. The summed E-state index contributed by atoms with van der Waals surface area (Å²) in [6, 6.07) is 0. The molecule has 0 heterocycles. The number of benzene rings is 1. The Bertz CT molecular complexity index is 544. The zero-order chi connectivity index (χ0) is 17.3. The second-order valence-corrected chi connectivity index (χ2v) is 13.9. The molecule has 1 nitrogen and oxygen atoms in total. The van der Waals surface area contributed by atoms with E-state index < -0.39 is 8.32 Å². The smallest absolute Gasteiger partial charge is 0.250 e. The van der Waals surface area contributed by atoms with Gasteiger partial charge in [-0.3, -0.25) is 0 Å². The zero-order valence-corrected chi connectivity index (χ0v) is 18.6. The first-order valence-electron chi connectivity index (χ1n) is 7.66. The summed E-state index contributed by atoms with van der Waals surface area (Å²) >= 11 is 5.61. The lowest BCUT2D eigenvalue weighted by Gasteiger charge is -2.38. The first-order chi connectivity index (χ1) is 9.94. The van der Waals surface area contributed by atoms with Crippen LogP contribution in [0.4, 0.5) is 0 Å². The fraction of sp³-hybridized carbons (Fsp3) is 0.556. The fourth-order valence-corrected chi connectivity index (χ4v) is 4.81. The van der Waals surface area contributed by atoms with Crippen molar-refractivity contribution in [2.75, 3.05) is 5.75 Å². The van der Waals surface area contributed by atoms with Crippen molar-refractivity contribution in [2.45, 2.75) is 64.6 Å². The van der Waals surface area contributed by atoms with Crippen molar-refractivity contribution in [1.82, 2.24) is 0 Å². The van der Waals surface area contributed by atoms with Gasteiger partial charge in [-0.1, -0.05) is 26.8 Å². The second kappa shape index (κ2) is 7.14. The number of hydrogen-bond acceptors (Lipinski definition) is 2. The molecule has 0 unspecified atom stereocenters. The van der Waals surface area contributed by atoms with Crippen LogP contribution in [0.3, 0.4) is 0 Å². The van der Waals surface area contributed by atoms with Gasteiger partial charge < -0.3 is 4.43 Å². The van der Waals surface area contributed by atoms with Crippen LogP contribution in [0.25, 0.3) is 0 Å². The SMILES string of the molecule is C=CCSc1c(C)c(C)c(O[Si](C)(C)C(C)(C)C)c(C)c1Br. The highest BCUT2D eigenvalue weighted by molar-refractivity contribution is 9.10. The number of thioether (sulfide) groups is 1. The standard InChI is InChI=1S/C18H29BrOSSi/c1-10-11-21-17-13(3)12(2)16(14(4)15(17)19)20-22(8,9)18(5,6)7/h10H,1,11H2,2-9H3. The largest absolute Gasteiger partial charge is 0.543 e. The minimum absolute atomic E-state index is 0.197. The first kappa shape index (κ1) is 19.9. The predicted octanol–water partition coefficient (Wildman–Crippen LogP) is 7.04. The highest BCUT2D eigenvalue weighted by atomic mass is 79.9. The Morgan fingerprint density at radius 1 is 1.14 bits per heavy atom. The van der Waals surface area contributed by atoms with Crippen molar-refractivity contribution in [3.63, 3.8) is 0 Å². The highest BCUT2D eigenvalue weighted by Gasteiger charge is 2.39. The highest BCUT2D eigenvalue weighted by Crippen LogP contribution is 2.44. The molecule has 1 aromatic rings. The molecule has 124 valence electrons. The van der Waals surface area contributed by atoms with Gasteiger partial charge in [0.2, 0.25) is 0 Å². The van der Waals surface area contributed by atoms with Crippen molar-refractivity contribution in [3.8, 4) is 5.75 Å². The Labute approximate surface area is 150 Å². The van der Waals surface area contributed by atoms with Crippen molar-refractivity contribution in [3.05, 3.63) is 33.8 Å². The molecule has 0 bridgehead atoms. The van der Waals surface area contributed by atoms with Crippen molar-refractivity contribution >= 4 is 36.0 Å². The van der Waals surface area contributed by atoms with Crippen molar-refractivity contribution in [1.29, 1.82) is 0 Å². The van der Waals surface area contributed by atoms with E-state index in [1.54, 1.807) is 0 Å². The van der Waals surface area contributed by atoms with Crippen LogP contribution < -0.4 is 4.43 Å². The second-order valence-electron chi connectivity index (χ2n) is 7.31. The van der Waals surface area contributed by atoms with Crippen LogP contribution in [-0.4, -0.2) is 14.1 Å². The average molecular weight is 401 g/mol. The number of rotatable bonds is 5. The van der Waals surface area contributed by atoms with Crippen LogP contribution in [0, 0.1) is 20.8 Å².